The minimum Gasteiger partial charge on any atom is -0.444 e. The van der Waals surface area contributed by atoms with Crippen molar-refractivity contribution in [2.75, 3.05) is 55.9 Å². The first-order valence-corrected chi connectivity index (χ1v) is 12.9. The maximum Gasteiger partial charge on any atom is 0.410 e. The number of anilines is 1. The van der Waals surface area contributed by atoms with Gasteiger partial charge in [0.15, 0.2) is 0 Å². The average Bonchev–Trinajstić information content (AvgIpc) is 3.11. The third-order valence-corrected chi connectivity index (χ3v) is 7.33. The van der Waals surface area contributed by atoms with Crippen LogP contribution >= 0.6 is 0 Å². The molecule has 0 saturated carbocycles. The Kier molecular flexibility index (Phi) is 8.01. The van der Waals surface area contributed by atoms with Gasteiger partial charge in [0, 0.05) is 51.9 Å². The normalized spacial score (nSPS) is 19.1. The van der Waals surface area contributed by atoms with E-state index in [2.05, 4.69) is 10.2 Å². The van der Waals surface area contributed by atoms with Crippen molar-refractivity contribution in [3.8, 4) is 0 Å². The van der Waals surface area contributed by atoms with Crippen molar-refractivity contribution in [1.29, 1.82) is 0 Å². The molecular formula is C23H34N4O5S. The van der Waals surface area contributed by atoms with E-state index in [0.717, 1.165) is 18.7 Å². The second-order valence-corrected chi connectivity index (χ2v) is 11.3. The molecule has 0 spiro atoms. The van der Waals surface area contributed by atoms with Crippen LogP contribution in [0.2, 0.25) is 0 Å². The van der Waals surface area contributed by atoms with Gasteiger partial charge in [-0.15, -0.1) is 0 Å². The topological polar surface area (TPSA) is 99.3 Å². The van der Waals surface area contributed by atoms with Crippen molar-refractivity contribution in [2.45, 2.75) is 32.8 Å². The monoisotopic (exact) mass is 478 g/mol. The van der Waals surface area contributed by atoms with Gasteiger partial charge in [-0.1, -0.05) is 12.1 Å². The fourth-order valence-corrected chi connectivity index (χ4v) is 5.29. The number of nitrogens with zero attached hydrogens (tertiary/aromatic N) is 3. The Morgan fingerprint density at radius 2 is 1.73 bits per heavy atom. The third kappa shape index (κ3) is 7.46. The van der Waals surface area contributed by atoms with Crippen LogP contribution in [0.1, 0.15) is 32.8 Å². The van der Waals surface area contributed by atoms with Crippen LogP contribution in [0.5, 0.6) is 0 Å². The summed E-state index contributed by atoms with van der Waals surface area (Å²) in [5, 5.41) is 2.87. The van der Waals surface area contributed by atoms with Gasteiger partial charge >= 0.3 is 6.09 Å². The largest absolute Gasteiger partial charge is 0.444 e. The van der Waals surface area contributed by atoms with Crippen LogP contribution < -0.4 is 9.62 Å². The van der Waals surface area contributed by atoms with Crippen LogP contribution in [0.3, 0.4) is 0 Å². The number of hydrogen-bond donors (Lipinski definition) is 1. The summed E-state index contributed by atoms with van der Waals surface area (Å²) in [5.74, 6) is 0.00225. The third-order valence-electron chi connectivity index (χ3n) is 5.46. The lowest BCUT2D eigenvalue weighted by molar-refractivity contribution is -0.116. The standard InChI is InChI=1S/C23H34N4O5S/c1-23(2,3)32-22(29)26-16-14-25(15-17-26)13-11-24-21(28)10-7-19-5-8-20(9-6-19)27-12-4-18-33(27,30)31/h5-10H,4,11-18H2,1-3H3,(H,24,28)/b10-7+. The van der Waals surface area contributed by atoms with E-state index in [1.807, 2.05) is 20.8 Å². The minimum atomic E-state index is -3.19. The van der Waals surface area contributed by atoms with Gasteiger partial charge in [0.25, 0.3) is 0 Å². The molecule has 2 saturated heterocycles. The number of hydrogen-bond acceptors (Lipinski definition) is 6. The molecule has 2 aliphatic rings. The number of amides is 2. The lowest BCUT2D eigenvalue weighted by atomic mass is 10.2. The molecule has 2 aliphatic heterocycles. The fraction of sp³-hybridized carbons (Fsp3) is 0.565. The number of piperazine rings is 1. The summed E-state index contributed by atoms with van der Waals surface area (Å²) in [6, 6.07) is 7.13. The average molecular weight is 479 g/mol. The minimum absolute atomic E-state index is 0.186. The van der Waals surface area contributed by atoms with Crippen LogP contribution in [0.25, 0.3) is 6.08 Å². The Balaban J connectivity index is 1.37. The molecule has 2 fully saturated rings. The molecule has 0 bridgehead atoms. The number of sulfonamides is 1. The van der Waals surface area contributed by atoms with Crippen LogP contribution in [0.15, 0.2) is 30.3 Å². The summed E-state index contributed by atoms with van der Waals surface area (Å²) in [6.45, 7) is 10.00. The van der Waals surface area contributed by atoms with E-state index in [1.165, 1.54) is 10.4 Å². The van der Waals surface area contributed by atoms with Crippen molar-refractivity contribution in [2.24, 2.45) is 0 Å². The molecule has 1 N–H and O–H groups in total. The Bertz CT molecular complexity index is 962. The maximum atomic E-state index is 12.1. The molecule has 1 aromatic rings. The van der Waals surface area contributed by atoms with Gasteiger partial charge in [0.1, 0.15) is 5.60 Å². The van der Waals surface area contributed by atoms with Gasteiger partial charge < -0.3 is 15.0 Å². The van der Waals surface area contributed by atoms with Crippen LogP contribution in [-0.4, -0.2) is 87.4 Å². The highest BCUT2D eigenvalue weighted by atomic mass is 32.2. The molecule has 2 heterocycles. The highest BCUT2D eigenvalue weighted by Gasteiger charge is 2.28. The molecule has 10 heteroatoms. The smallest absolute Gasteiger partial charge is 0.410 e. The zero-order valence-corrected chi connectivity index (χ0v) is 20.4. The fourth-order valence-electron chi connectivity index (χ4n) is 3.73. The highest BCUT2D eigenvalue weighted by Crippen LogP contribution is 2.24. The van der Waals surface area contributed by atoms with E-state index >= 15 is 0 Å². The Morgan fingerprint density at radius 1 is 1.06 bits per heavy atom. The number of rotatable bonds is 6. The van der Waals surface area contributed by atoms with Gasteiger partial charge in [-0.3, -0.25) is 14.0 Å². The first-order valence-electron chi connectivity index (χ1n) is 11.3. The maximum absolute atomic E-state index is 12.1. The first kappa shape index (κ1) is 25.0. The molecule has 3 rings (SSSR count). The molecule has 0 radical (unpaired) electrons. The summed E-state index contributed by atoms with van der Waals surface area (Å²) in [7, 11) is -3.19. The molecule has 0 aliphatic carbocycles. The van der Waals surface area contributed by atoms with Gasteiger partial charge in [0.2, 0.25) is 15.9 Å². The molecule has 1 aromatic carbocycles. The van der Waals surface area contributed by atoms with Gasteiger partial charge in [-0.2, -0.15) is 0 Å². The highest BCUT2D eigenvalue weighted by molar-refractivity contribution is 7.93. The molecule has 0 unspecified atom stereocenters. The van der Waals surface area contributed by atoms with Crippen molar-refractivity contribution in [3.05, 3.63) is 35.9 Å². The van der Waals surface area contributed by atoms with E-state index < -0.39 is 15.6 Å². The molecule has 33 heavy (non-hydrogen) atoms. The summed E-state index contributed by atoms with van der Waals surface area (Å²) in [5.41, 5.74) is 0.979. The lowest BCUT2D eigenvalue weighted by Crippen LogP contribution is -2.51. The Hall–Kier alpha value is -2.59. The van der Waals surface area contributed by atoms with Gasteiger partial charge in [-0.05, 0) is 51.0 Å². The lowest BCUT2D eigenvalue weighted by Gasteiger charge is -2.35. The molecule has 9 nitrogen and oxygen atoms in total. The number of benzene rings is 1. The molecule has 0 atom stereocenters. The van der Waals surface area contributed by atoms with Gasteiger partial charge in [0.05, 0.1) is 11.4 Å². The number of ether oxygens (including phenoxy) is 1. The van der Waals surface area contributed by atoms with Crippen molar-refractivity contribution in [3.63, 3.8) is 0 Å². The molecular weight excluding hydrogens is 444 g/mol. The summed E-state index contributed by atoms with van der Waals surface area (Å²) < 4.78 is 30.8. The summed E-state index contributed by atoms with van der Waals surface area (Å²) in [4.78, 5) is 28.2. The second-order valence-electron chi connectivity index (χ2n) is 9.27. The van der Waals surface area contributed by atoms with E-state index in [0.29, 0.717) is 44.8 Å². The predicted octanol–water partition coefficient (Wildman–Crippen LogP) is 1.91. The van der Waals surface area contributed by atoms with Crippen LogP contribution in [0, 0.1) is 0 Å². The number of carbonyl (C=O) groups is 2. The van der Waals surface area contributed by atoms with Crippen molar-refractivity contribution in [1.82, 2.24) is 15.1 Å². The molecule has 0 aromatic heterocycles. The zero-order valence-electron chi connectivity index (χ0n) is 19.6. The summed E-state index contributed by atoms with van der Waals surface area (Å²) >= 11 is 0. The quantitative estimate of drug-likeness (QED) is 0.627. The van der Waals surface area contributed by atoms with Crippen LogP contribution in [0.4, 0.5) is 10.5 Å². The van der Waals surface area contributed by atoms with Gasteiger partial charge in [-0.25, -0.2) is 13.2 Å². The SMILES string of the molecule is CC(C)(C)OC(=O)N1CCN(CCNC(=O)/C=C/c2ccc(N3CCCS3(=O)=O)cc2)CC1. The van der Waals surface area contributed by atoms with E-state index in [4.69, 9.17) is 4.74 Å². The predicted molar refractivity (Wildman–Crippen MR) is 128 cm³/mol. The molecule has 182 valence electrons. The van der Waals surface area contributed by atoms with E-state index in [1.54, 1.807) is 35.2 Å². The number of nitrogens with one attached hydrogen (secondary N) is 1. The number of carbonyl (C=O) groups excluding carboxylic acids is 2. The Labute approximate surface area is 196 Å². The molecule has 2 amide bonds. The van der Waals surface area contributed by atoms with E-state index in [-0.39, 0.29) is 17.8 Å². The second kappa shape index (κ2) is 10.6. The zero-order chi connectivity index (χ0) is 24.1. The van der Waals surface area contributed by atoms with Crippen molar-refractivity contribution >= 4 is 33.8 Å². The first-order chi connectivity index (χ1) is 15.5. The van der Waals surface area contributed by atoms with Crippen molar-refractivity contribution < 1.29 is 22.7 Å². The Morgan fingerprint density at radius 3 is 2.30 bits per heavy atom. The summed E-state index contributed by atoms with van der Waals surface area (Å²) in [6.07, 6.45) is 3.54. The van der Waals surface area contributed by atoms with Crippen LogP contribution in [-0.2, 0) is 19.6 Å². The van der Waals surface area contributed by atoms with E-state index in [9.17, 15) is 18.0 Å².